The minimum Gasteiger partial charge on any atom is -0.497 e. The van der Waals surface area contributed by atoms with E-state index in [0.29, 0.717) is 41.3 Å². The van der Waals surface area contributed by atoms with Crippen LogP contribution in [-0.4, -0.2) is 24.6 Å². The molecule has 1 aromatic heterocycles. The fourth-order valence-corrected chi connectivity index (χ4v) is 3.14. The Labute approximate surface area is 162 Å². The van der Waals surface area contributed by atoms with Gasteiger partial charge in [-0.2, -0.15) is 0 Å². The van der Waals surface area contributed by atoms with Crippen LogP contribution in [0.1, 0.15) is 19.8 Å². The second kappa shape index (κ2) is 8.69. The molecule has 0 spiro atoms. The maximum Gasteiger partial charge on any atom is 0.200 e. The zero-order valence-electron chi connectivity index (χ0n) is 15.9. The number of benzene rings is 2. The molecule has 6 heteroatoms. The molecule has 2 aromatic carbocycles. The summed E-state index contributed by atoms with van der Waals surface area (Å²) in [5, 5.41) is -0.0344. The number of halogens is 1. The zero-order valence-corrected chi connectivity index (χ0v) is 15.9. The Balaban J connectivity index is 2.29. The van der Waals surface area contributed by atoms with Crippen LogP contribution in [0.3, 0.4) is 0 Å². The van der Waals surface area contributed by atoms with Crippen LogP contribution in [0.15, 0.2) is 47.4 Å². The normalized spacial score (nSPS) is 10.8. The molecule has 0 aliphatic carbocycles. The number of hydrogen-bond acceptors (Lipinski definition) is 4. The van der Waals surface area contributed by atoms with Crippen molar-refractivity contribution in [1.29, 1.82) is 0 Å². The fourth-order valence-electron chi connectivity index (χ4n) is 3.14. The van der Waals surface area contributed by atoms with Crippen LogP contribution < -0.4 is 14.9 Å². The van der Waals surface area contributed by atoms with Crippen molar-refractivity contribution in [3.63, 3.8) is 0 Å². The molecule has 3 rings (SSSR count). The predicted molar refractivity (Wildman–Crippen MR) is 107 cm³/mol. The standard InChI is InChI=1S/C22H22FNO4/c1-3-13-28-19-10-9-18(23)20-21(19)24(11-4-12-25)14-17(22(20)26)15-5-7-16(27-2)8-6-15/h5-10,12,14H,3-4,11,13H2,1-2H3. The van der Waals surface area contributed by atoms with E-state index in [1.54, 1.807) is 42.1 Å². The monoisotopic (exact) mass is 383 g/mol. The van der Waals surface area contributed by atoms with Gasteiger partial charge < -0.3 is 18.8 Å². The number of fused-ring (bicyclic) bond motifs is 1. The highest BCUT2D eigenvalue weighted by Gasteiger charge is 2.18. The Bertz CT molecular complexity index is 1040. The minimum absolute atomic E-state index is 0.0344. The molecular formula is C22H22FNO4. The van der Waals surface area contributed by atoms with E-state index in [1.165, 1.54) is 12.1 Å². The molecule has 0 amide bonds. The number of aromatic nitrogens is 1. The van der Waals surface area contributed by atoms with Gasteiger partial charge in [0.05, 0.1) is 24.6 Å². The van der Waals surface area contributed by atoms with Gasteiger partial charge in [0.15, 0.2) is 5.43 Å². The van der Waals surface area contributed by atoms with Gasteiger partial charge in [-0.3, -0.25) is 4.79 Å². The van der Waals surface area contributed by atoms with E-state index in [4.69, 9.17) is 9.47 Å². The van der Waals surface area contributed by atoms with E-state index in [-0.39, 0.29) is 11.8 Å². The molecule has 0 atom stereocenters. The van der Waals surface area contributed by atoms with E-state index in [0.717, 1.165) is 12.7 Å². The quantitative estimate of drug-likeness (QED) is 0.547. The molecule has 146 valence electrons. The lowest BCUT2D eigenvalue weighted by Crippen LogP contribution is -2.15. The fraction of sp³-hybridized carbons (Fsp3) is 0.273. The number of rotatable bonds is 8. The summed E-state index contributed by atoms with van der Waals surface area (Å²) in [5.74, 6) is 0.480. The minimum atomic E-state index is -0.612. The van der Waals surface area contributed by atoms with Gasteiger partial charge in [-0.1, -0.05) is 19.1 Å². The number of hydrogen-bond donors (Lipinski definition) is 0. The molecule has 0 saturated carbocycles. The molecule has 1 heterocycles. The van der Waals surface area contributed by atoms with Gasteiger partial charge in [0, 0.05) is 24.7 Å². The summed E-state index contributed by atoms with van der Waals surface area (Å²) in [6.07, 6.45) is 3.47. The van der Waals surface area contributed by atoms with Crippen molar-refractivity contribution in [3.05, 3.63) is 58.6 Å². The molecule has 0 unspecified atom stereocenters. The first-order valence-corrected chi connectivity index (χ1v) is 9.17. The van der Waals surface area contributed by atoms with E-state index in [9.17, 15) is 14.0 Å². The van der Waals surface area contributed by atoms with Gasteiger partial charge in [0.1, 0.15) is 23.6 Å². The van der Waals surface area contributed by atoms with Crippen molar-refractivity contribution in [2.75, 3.05) is 13.7 Å². The van der Waals surface area contributed by atoms with Crippen LogP contribution in [0.2, 0.25) is 0 Å². The molecule has 3 aromatic rings. The number of aryl methyl sites for hydroxylation is 1. The summed E-state index contributed by atoms with van der Waals surface area (Å²) in [4.78, 5) is 24.1. The summed E-state index contributed by atoms with van der Waals surface area (Å²) in [6, 6.07) is 9.76. The molecule has 0 aliphatic heterocycles. The molecular weight excluding hydrogens is 361 g/mol. The topological polar surface area (TPSA) is 57.5 Å². The van der Waals surface area contributed by atoms with Crippen LogP contribution in [0.25, 0.3) is 22.0 Å². The van der Waals surface area contributed by atoms with Crippen molar-refractivity contribution in [2.45, 2.75) is 26.3 Å². The Morgan fingerprint density at radius 2 is 1.89 bits per heavy atom. The number of nitrogens with zero attached hydrogens (tertiary/aromatic N) is 1. The SMILES string of the molecule is CCCOc1ccc(F)c2c(=O)c(-c3ccc(OC)cc3)cn(CCC=O)c12. The second-order valence-electron chi connectivity index (χ2n) is 6.37. The van der Waals surface area contributed by atoms with Crippen LogP contribution in [-0.2, 0) is 11.3 Å². The molecule has 0 radical (unpaired) electrons. The maximum atomic E-state index is 14.7. The molecule has 28 heavy (non-hydrogen) atoms. The van der Waals surface area contributed by atoms with E-state index >= 15 is 0 Å². The predicted octanol–water partition coefficient (Wildman–Crippen LogP) is 4.19. The van der Waals surface area contributed by atoms with Crippen LogP contribution in [0.4, 0.5) is 4.39 Å². The summed E-state index contributed by atoms with van der Waals surface area (Å²) in [7, 11) is 1.56. The van der Waals surface area contributed by atoms with Gasteiger partial charge in [0.25, 0.3) is 0 Å². The Morgan fingerprint density at radius 1 is 1.14 bits per heavy atom. The number of methoxy groups -OCH3 is 1. The molecule has 0 bridgehead atoms. The smallest absolute Gasteiger partial charge is 0.200 e. The third-order valence-corrected chi connectivity index (χ3v) is 4.48. The average Bonchev–Trinajstić information content (AvgIpc) is 2.72. The van der Waals surface area contributed by atoms with Crippen molar-refractivity contribution in [2.24, 2.45) is 0 Å². The van der Waals surface area contributed by atoms with Crippen molar-refractivity contribution >= 4 is 17.2 Å². The number of aldehydes is 1. The van der Waals surface area contributed by atoms with Gasteiger partial charge in [-0.05, 0) is 36.2 Å². The molecule has 5 nitrogen and oxygen atoms in total. The zero-order chi connectivity index (χ0) is 20.1. The van der Waals surface area contributed by atoms with Gasteiger partial charge in [-0.15, -0.1) is 0 Å². The summed E-state index contributed by atoms with van der Waals surface area (Å²) in [6.45, 7) is 2.73. The second-order valence-corrected chi connectivity index (χ2v) is 6.37. The van der Waals surface area contributed by atoms with E-state index in [1.807, 2.05) is 6.92 Å². The number of carbonyl (C=O) groups excluding carboxylic acids is 1. The highest BCUT2D eigenvalue weighted by Crippen LogP contribution is 2.30. The summed E-state index contributed by atoms with van der Waals surface area (Å²) < 4.78 is 27.3. The summed E-state index contributed by atoms with van der Waals surface area (Å²) >= 11 is 0. The first-order chi connectivity index (χ1) is 13.6. The van der Waals surface area contributed by atoms with Crippen molar-refractivity contribution < 1.29 is 18.7 Å². The maximum absolute atomic E-state index is 14.7. The third kappa shape index (κ3) is 3.76. The van der Waals surface area contributed by atoms with E-state index < -0.39 is 11.2 Å². The third-order valence-electron chi connectivity index (χ3n) is 4.48. The Hall–Kier alpha value is -3.15. The van der Waals surface area contributed by atoms with Gasteiger partial charge >= 0.3 is 0 Å². The number of carbonyl (C=O) groups is 1. The lowest BCUT2D eigenvalue weighted by atomic mass is 10.0. The van der Waals surface area contributed by atoms with Crippen LogP contribution in [0, 0.1) is 5.82 Å². The van der Waals surface area contributed by atoms with Crippen molar-refractivity contribution in [1.82, 2.24) is 4.57 Å². The van der Waals surface area contributed by atoms with Gasteiger partial charge in [0.2, 0.25) is 0 Å². The van der Waals surface area contributed by atoms with E-state index in [2.05, 4.69) is 0 Å². The van der Waals surface area contributed by atoms with Crippen molar-refractivity contribution in [3.8, 4) is 22.6 Å². The highest BCUT2D eigenvalue weighted by atomic mass is 19.1. The number of ether oxygens (including phenoxy) is 2. The average molecular weight is 383 g/mol. The Morgan fingerprint density at radius 3 is 2.54 bits per heavy atom. The lowest BCUT2D eigenvalue weighted by Gasteiger charge is -2.17. The number of pyridine rings is 1. The molecule has 0 aliphatic rings. The largest absolute Gasteiger partial charge is 0.497 e. The van der Waals surface area contributed by atoms with Gasteiger partial charge in [-0.25, -0.2) is 4.39 Å². The van der Waals surface area contributed by atoms with Crippen LogP contribution in [0.5, 0.6) is 11.5 Å². The lowest BCUT2D eigenvalue weighted by molar-refractivity contribution is -0.108. The first kappa shape index (κ1) is 19.6. The highest BCUT2D eigenvalue weighted by molar-refractivity contribution is 5.89. The molecule has 0 saturated heterocycles. The molecule has 0 fully saturated rings. The molecule has 0 N–H and O–H groups in total. The summed E-state index contributed by atoms with van der Waals surface area (Å²) in [5.41, 5.74) is 0.957. The Kier molecular flexibility index (Phi) is 6.09. The van der Waals surface area contributed by atoms with Crippen LogP contribution >= 0.6 is 0 Å². The first-order valence-electron chi connectivity index (χ1n) is 9.17.